The van der Waals surface area contributed by atoms with Crippen LogP contribution in [0.3, 0.4) is 0 Å². The monoisotopic (exact) mass is 313 g/mol. The summed E-state index contributed by atoms with van der Waals surface area (Å²) < 4.78 is 25.3. The fourth-order valence-electron chi connectivity index (χ4n) is 1.73. The summed E-state index contributed by atoms with van der Waals surface area (Å²) in [6, 6.07) is 5.93. The summed E-state index contributed by atoms with van der Waals surface area (Å²) in [6.45, 7) is 3.52. The van der Waals surface area contributed by atoms with Crippen molar-refractivity contribution >= 4 is 33.9 Å². The van der Waals surface area contributed by atoms with Gasteiger partial charge in [-0.3, -0.25) is 4.21 Å². The smallest absolute Gasteiger partial charge is 0.224 e. The lowest BCUT2D eigenvalue weighted by Gasteiger charge is -2.12. The van der Waals surface area contributed by atoms with Gasteiger partial charge in [-0.1, -0.05) is 13.0 Å². The van der Waals surface area contributed by atoms with E-state index in [1.807, 2.05) is 0 Å². The van der Waals surface area contributed by atoms with Crippen molar-refractivity contribution in [1.82, 2.24) is 9.97 Å². The zero-order chi connectivity index (χ0) is 14.7. The van der Waals surface area contributed by atoms with Crippen molar-refractivity contribution in [2.24, 2.45) is 0 Å². The molecule has 2 aromatic rings. The molecule has 1 aromatic carbocycles. The van der Waals surface area contributed by atoms with Crippen LogP contribution in [0.25, 0.3) is 0 Å². The normalized spacial score (nSPS) is 12.2. The highest BCUT2D eigenvalue weighted by atomic mass is 35.5. The number of nitrogens with one attached hydrogen (secondary N) is 1. The molecule has 0 saturated heterocycles. The summed E-state index contributed by atoms with van der Waals surface area (Å²) in [4.78, 5) is 8.55. The number of aryl methyl sites for hydroxylation is 1. The minimum Gasteiger partial charge on any atom is -0.339 e. The van der Waals surface area contributed by atoms with Gasteiger partial charge in [-0.05, 0) is 36.7 Å². The quantitative estimate of drug-likeness (QED) is 0.878. The second-order valence-corrected chi connectivity index (χ2v) is 6.04. The van der Waals surface area contributed by atoms with E-state index in [1.54, 1.807) is 26.0 Å². The van der Waals surface area contributed by atoms with Crippen LogP contribution >= 0.6 is 11.6 Å². The van der Waals surface area contributed by atoms with Gasteiger partial charge in [-0.15, -0.1) is 0 Å². The Labute approximate surface area is 123 Å². The molecule has 0 bridgehead atoms. The third kappa shape index (κ3) is 3.32. The Kier molecular flexibility index (Phi) is 4.67. The molecule has 0 radical (unpaired) electrons. The molecule has 0 aliphatic heterocycles. The van der Waals surface area contributed by atoms with Gasteiger partial charge in [0.2, 0.25) is 5.28 Å². The first-order chi connectivity index (χ1) is 9.51. The molecular formula is C13H13ClFN3OS. The lowest BCUT2D eigenvalue weighted by molar-refractivity contribution is 0.628. The van der Waals surface area contributed by atoms with E-state index in [4.69, 9.17) is 11.6 Å². The van der Waals surface area contributed by atoms with Gasteiger partial charge < -0.3 is 5.32 Å². The largest absolute Gasteiger partial charge is 0.339 e. The first-order valence-corrected chi connectivity index (χ1v) is 7.66. The van der Waals surface area contributed by atoms with E-state index >= 15 is 0 Å². The highest BCUT2D eigenvalue weighted by Gasteiger charge is 2.16. The molecule has 2 rings (SSSR count). The van der Waals surface area contributed by atoms with Gasteiger partial charge >= 0.3 is 0 Å². The van der Waals surface area contributed by atoms with Crippen LogP contribution in [0.5, 0.6) is 0 Å². The third-order valence-corrected chi connectivity index (χ3v) is 4.22. The summed E-state index contributed by atoms with van der Waals surface area (Å²) in [7, 11) is -1.24. The van der Waals surface area contributed by atoms with Crippen molar-refractivity contribution in [3.05, 3.63) is 41.1 Å². The average Bonchev–Trinajstić information content (AvgIpc) is 2.37. The number of nitrogens with zero attached hydrogens (tertiary/aromatic N) is 2. The van der Waals surface area contributed by atoms with Crippen LogP contribution in [0, 0.1) is 12.7 Å². The number of halogens is 2. The van der Waals surface area contributed by atoms with Crippen molar-refractivity contribution < 1.29 is 8.60 Å². The molecule has 7 heteroatoms. The van der Waals surface area contributed by atoms with Crippen LogP contribution in [-0.2, 0) is 10.8 Å². The highest BCUT2D eigenvalue weighted by molar-refractivity contribution is 7.85. The van der Waals surface area contributed by atoms with Gasteiger partial charge in [-0.2, -0.15) is 4.98 Å². The van der Waals surface area contributed by atoms with E-state index in [1.165, 1.54) is 12.1 Å². The summed E-state index contributed by atoms with van der Waals surface area (Å²) in [5, 5.41) is 3.00. The maximum absolute atomic E-state index is 13.2. The van der Waals surface area contributed by atoms with Crippen molar-refractivity contribution in [2.75, 3.05) is 11.1 Å². The fourth-order valence-corrected chi connectivity index (χ4v) is 2.92. The second-order valence-electron chi connectivity index (χ2n) is 4.03. The van der Waals surface area contributed by atoms with Crippen LogP contribution in [0.1, 0.15) is 12.6 Å². The van der Waals surface area contributed by atoms with Crippen molar-refractivity contribution in [3.63, 3.8) is 0 Å². The van der Waals surface area contributed by atoms with Crippen molar-refractivity contribution in [2.45, 2.75) is 18.7 Å². The van der Waals surface area contributed by atoms with Crippen LogP contribution < -0.4 is 5.32 Å². The van der Waals surface area contributed by atoms with E-state index in [2.05, 4.69) is 15.3 Å². The molecule has 0 aliphatic rings. The van der Waals surface area contributed by atoms with Gasteiger partial charge in [0.25, 0.3) is 0 Å². The Morgan fingerprint density at radius 1 is 1.40 bits per heavy atom. The fraction of sp³-hybridized carbons (Fsp3) is 0.231. The van der Waals surface area contributed by atoms with E-state index in [0.717, 1.165) is 0 Å². The van der Waals surface area contributed by atoms with Crippen LogP contribution in [-0.4, -0.2) is 19.9 Å². The second kappa shape index (κ2) is 6.28. The van der Waals surface area contributed by atoms with Crippen molar-refractivity contribution in [3.8, 4) is 0 Å². The number of hydrogen-bond donors (Lipinski definition) is 1. The molecule has 1 atom stereocenters. The minimum absolute atomic E-state index is 0.0539. The Hall–Kier alpha value is -1.53. The minimum atomic E-state index is -1.24. The van der Waals surface area contributed by atoms with E-state index in [-0.39, 0.29) is 11.1 Å². The number of anilines is 2. The molecule has 1 unspecified atom stereocenters. The molecule has 106 valence electrons. The lowest BCUT2D eigenvalue weighted by Crippen LogP contribution is -2.07. The topological polar surface area (TPSA) is 54.9 Å². The molecule has 0 amide bonds. The molecule has 0 spiro atoms. The van der Waals surface area contributed by atoms with Gasteiger partial charge in [0.15, 0.2) is 5.82 Å². The van der Waals surface area contributed by atoms with Gasteiger partial charge in [0, 0.05) is 11.4 Å². The molecule has 20 heavy (non-hydrogen) atoms. The lowest BCUT2D eigenvalue weighted by atomic mass is 10.3. The average molecular weight is 314 g/mol. The first kappa shape index (κ1) is 14.9. The van der Waals surface area contributed by atoms with Gasteiger partial charge in [-0.25, -0.2) is 9.37 Å². The standard InChI is InChI=1S/C13H13ClFN3OS/c1-3-20(19)11-8(2)16-13(14)18-12(11)17-10-6-4-5-9(15)7-10/h4-7H,3H2,1-2H3,(H,16,17,18). The highest BCUT2D eigenvalue weighted by Crippen LogP contribution is 2.26. The molecule has 4 nitrogen and oxygen atoms in total. The molecule has 1 heterocycles. The molecule has 0 aliphatic carbocycles. The molecule has 1 N–H and O–H groups in total. The predicted molar refractivity (Wildman–Crippen MR) is 78.4 cm³/mol. The zero-order valence-electron chi connectivity index (χ0n) is 11.0. The van der Waals surface area contributed by atoms with Gasteiger partial charge in [0.1, 0.15) is 10.7 Å². The summed E-state index contributed by atoms with van der Waals surface area (Å²) in [5.74, 6) is 0.405. The van der Waals surface area contributed by atoms with Crippen molar-refractivity contribution in [1.29, 1.82) is 0 Å². The Bertz CT molecular complexity index is 666. The van der Waals surface area contributed by atoms with E-state index in [0.29, 0.717) is 27.8 Å². The maximum Gasteiger partial charge on any atom is 0.224 e. The molecule has 1 aromatic heterocycles. The summed E-state index contributed by atoms with van der Waals surface area (Å²) in [6.07, 6.45) is 0. The number of rotatable bonds is 4. The molecular weight excluding hydrogens is 301 g/mol. The third-order valence-electron chi connectivity index (χ3n) is 2.58. The number of hydrogen-bond acceptors (Lipinski definition) is 4. The first-order valence-electron chi connectivity index (χ1n) is 5.96. The van der Waals surface area contributed by atoms with Crippen LogP contribution in [0.15, 0.2) is 29.2 Å². The molecule has 0 fully saturated rings. The predicted octanol–water partition coefficient (Wildman–Crippen LogP) is 3.45. The van der Waals surface area contributed by atoms with E-state index < -0.39 is 10.8 Å². The Balaban J connectivity index is 2.47. The Morgan fingerprint density at radius 2 is 2.15 bits per heavy atom. The SMILES string of the molecule is CCS(=O)c1c(C)nc(Cl)nc1Nc1cccc(F)c1. The Morgan fingerprint density at radius 3 is 2.80 bits per heavy atom. The van der Waals surface area contributed by atoms with Crippen LogP contribution in [0.4, 0.5) is 15.9 Å². The van der Waals surface area contributed by atoms with Gasteiger partial charge in [0.05, 0.1) is 16.5 Å². The zero-order valence-corrected chi connectivity index (χ0v) is 12.6. The van der Waals surface area contributed by atoms with E-state index in [9.17, 15) is 8.60 Å². The maximum atomic E-state index is 13.2. The molecule has 0 saturated carbocycles. The van der Waals surface area contributed by atoms with Crippen LogP contribution in [0.2, 0.25) is 5.28 Å². The summed E-state index contributed by atoms with van der Waals surface area (Å²) in [5.41, 5.74) is 1.05. The number of aromatic nitrogens is 2. The number of benzene rings is 1. The summed E-state index contributed by atoms with van der Waals surface area (Å²) >= 11 is 5.83.